The lowest BCUT2D eigenvalue weighted by Gasteiger charge is -2.22. The molecule has 16 heavy (non-hydrogen) atoms. The summed E-state index contributed by atoms with van der Waals surface area (Å²) < 4.78 is 0. The van der Waals surface area contributed by atoms with Gasteiger partial charge in [-0.25, -0.2) is 0 Å². The summed E-state index contributed by atoms with van der Waals surface area (Å²) in [6.45, 7) is 6.99. The molecule has 1 heterocycles. The van der Waals surface area contributed by atoms with Gasteiger partial charge in [-0.3, -0.25) is 0 Å². The maximum absolute atomic E-state index is 3.70. The van der Waals surface area contributed by atoms with Crippen LogP contribution in [0.3, 0.4) is 0 Å². The Bertz CT molecular complexity index is 243. The number of nitrogens with one attached hydrogen (secondary N) is 2. The van der Waals surface area contributed by atoms with Crippen LogP contribution in [0.1, 0.15) is 32.6 Å². The van der Waals surface area contributed by atoms with Crippen LogP contribution in [0.4, 0.5) is 0 Å². The molecule has 0 aromatic heterocycles. The zero-order chi connectivity index (χ0) is 11.6. The fraction of sp³-hybridized carbons (Fsp3) is 0.571. The number of allylic oxidation sites excluding steroid dienone is 3. The van der Waals surface area contributed by atoms with Crippen molar-refractivity contribution in [2.75, 3.05) is 6.54 Å². The van der Waals surface area contributed by atoms with Crippen LogP contribution in [0, 0.1) is 0 Å². The summed E-state index contributed by atoms with van der Waals surface area (Å²) in [4.78, 5) is 0. The Kier molecular flexibility index (Phi) is 6.66. The third-order valence-corrected chi connectivity index (χ3v) is 2.85. The molecule has 0 saturated heterocycles. The normalized spacial score (nSPS) is 27.7. The lowest BCUT2D eigenvalue weighted by molar-refractivity contribution is 0.413. The molecule has 2 N–H and O–H groups in total. The van der Waals surface area contributed by atoms with Crippen molar-refractivity contribution in [3.63, 3.8) is 0 Å². The minimum Gasteiger partial charge on any atom is -0.389 e. The van der Waals surface area contributed by atoms with E-state index in [0.717, 1.165) is 25.8 Å². The molecule has 0 spiro atoms. The van der Waals surface area contributed by atoms with Crippen LogP contribution in [-0.2, 0) is 0 Å². The van der Waals surface area contributed by atoms with Crippen molar-refractivity contribution in [2.24, 2.45) is 0 Å². The summed E-state index contributed by atoms with van der Waals surface area (Å²) in [6, 6.07) is 1.11. The molecule has 0 aromatic carbocycles. The zero-order valence-electron chi connectivity index (χ0n) is 10.3. The third kappa shape index (κ3) is 5.76. The summed E-state index contributed by atoms with van der Waals surface area (Å²) >= 11 is 0. The second-order valence-electron chi connectivity index (χ2n) is 4.38. The van der Waals surface area contributed by atoms with Crippen molar-refractivity contribution in [1.29, 1.82) is 0 Å². The van der Waals surface area contributed by atoms with Crippen LogP contribution < -0.4 is 10.6 Å². The van der Waals surface area contributed by atoms with Crippen molar-refractivity contribution < 1.29 is 0 Å². The van der Waals surface area contributed by atoms with Gasteiger partial charge < -0.3 is 10.6 Å². The van der Waals surface area contributed by atoms with Crippen LogP contribution in [0.2, 0.25) is 0 Å². The minimum absolute atomic E-state index is 0.498. The SMILES string of the molecule is C=CNC(C)CC1CC/C=C\C=C/CCN1. The van der Waals surface area contributed by atoms with E-state index in [9.17, 15) is 0 Å². The standard InChI is InChI=1S/C14H24N2/c1-3-15-13(2)12-14-10-8-6-4-5-7-9-11-16-14/h3-7,13-16H,1,8-12H2,2H3/b6-4-,7-5-. The van der Waals surface area contributed by atoms with Gasteiger partial charge in [0.05, 0.1) is 0 Å². The topological polar surface area (TPSA) is 24.1 Å². The van der Waals surface area contributed by atoms with Gasteiger partial charge in [0.2, 0.25) is 0 Å². The van der Waals surface area contributed by atoms with Crippen LogP contribution in [0.15, 0.2) is 37.1 Å². The summed E-state index contributed by atoms with van der Waals surface area (Å²) in [5.74, 6) is 0. The Hall–Kier alpha value is -1.02. The Morgan fingerprint density at radius 2 is 2.19 bits per heavy atom. The van der Waals surface area contributed by atoms with Gasteiger partial charge in [-0.05, 0) is 45.4 Å². The Morgan fingerprint density at radius 3 is 2.94 bits per heavy atom. The molecule has 1 rings (SSSR count). The van der Waals surface area contributed by atoms with Gasteiger partial charge in [-0.15, -0.1) is 0 Å². The monoisotopic (exact) mass is 220 g/mol. The fourth-order valence-electron chi connectivity index (χ4n) is 2.02. The van der Waals surface area contributed by atoms with Crippen molar-refractivity contribution in [3.05, 3.63) is 37.1 Å². The molecule has 0 aromatic rings. The van der Waals surface area contributed by atoms with Gasteiger partial charge >= 0.3 is 0 Å². The molecule has 1 aliphatic rings. The highest BCUT2D eigenvalue weighted by Gasteiger charge is 2.10. The van der Waals surface area contributed by atoms with Crippen molar-refractivity contribution >= 4 is 0 Å². The molecule has 90 valence electrons. The third-order valence-electron chi connectivity index (χ3n) is 2.85. The average Bonchev–Trinajstić information content (AvgIpc) is 2.27. The average molecular weight is 220 g/mol. The smallest absolute Gasteiger partial charge is 0.0242 e. The zero-order valence-corrected chi connectivity index (χ0v) is 10.3. The van der Waals surface area contributed by atoms with E-state index in [1.165, 1.54) is 6.42 Å². The lowest BCUT2D eigenvalue weighted by atomic mass is 10.0. The molecule has 2 atom stereocenters. The fourth-order valence-corrected chi connectivity index (χ4v) is 2.02. The molecule has 0 radical (unpaired) electrons. The van der Waals surface area contributed by atoms with Crippen LogP contribution in [0.25, 0.3) is 0 Å². The summed E-state index contributed by atoms with van der Waals surface area (Å²) in [5.41, 5.74) is 0. The molecule has 2 unspecified atom stereocenters. The van der Waals surface area contributed by atoms with E-state index in [0.29, 0.717) is 12.1 Å². The van der Waals surface area contributed by atoms with E-state index in [1.807, 2.05) is 0 Å². The van der Waals surface area contributed by atoms with Gasteiger partial charge in [0.15, 0.2) is 0 Å². The molecule has 0 fully saturated rings. The summed E-state index contributed by atoms with van der Waals surface area (Å²) in [6.07, 6.45) is 15.2. The predicted octanol–water partition coefficient (Wildman–Crippen LogP) is 2.75. The van der Waals surface area contributed by atoms with Crippen LogP contribution in [-0.4, -0.2) is 18.6 Å². The Labute approximate surface area is 99.5 Å². The van der Waals surface area contributed by atoms with E-state index >= 15 is 0 Å². The molecule has 0 bridgehead atoms. The first-order valence-electron chi connectivity index (χ1n) is 6.25. The second kappa shape index (κ2) is 8.17. The first-order chi connectivity index (χ1) is 7.83. The van der Waals surface area contributed by atoms with Gasteiger partial charge in [-0.1, -0.05) is 30.9 Å². The molecule has 2 heteroatoms. The molecule has 0 aliphatic carbocycles. The largest absolute Gasteiger partial charge is 0.389 e. The number of hydrogen-bond acceptors (Lipinski definition) is 2. The summed E-state index contributed by atoms with van der Waals surface area (Å²) in [5, 5.41) is 6.87. The predicted molar refractivity (Wildman–Crippen MR) is 71.3 cm³/mol. The van der Waals surface area contributed by atoms with E-state index in [1.54, 1.807) is 6.20 Å². The second-order valence-corrected chi connectivity index (χ2v) is 4.38. The highest BCUT2D eigenvalue weighted by atomic mass is 14.9. The highest BCUT2D eigenvalue weighted by molar-refractivity contribution is 5.03. The van der Waals surface area contributed by atoms with Crippen molar-refractivity contribution in [1.82, 2.24) is 10.6 Å². The van der Waals surface area contributed by atoms with Crippen molar-refractivity contribution in [2.45, 2.75) is 44.7 Å². The number of hydrogen-bond donors (Lipinski definition) is 2. The van der Waals surface area contributed by atoms with E-state index in [-0.39, 0.29) is 0 Å². The maximum atomic E-state index is 3.70. The van der Waals surface area contributed by atoms with E-state index < -0.39 is 0 Å². The van der Waals surface area contributed by atoms with Crippen LogP contribution >= 0.6 is 0 Å². The summed E-state index contributed by atoms with van der Waals surface area (Å²) in [7, 11) is 0. The minimum atomic E-state index is 0.498. The molecule has 1 aliphatic heterocycles. The number of rotatable bonds is 4. The molecule has 2 nitrogen and oxygen atoms in total. The van der Waals surface area contributed by atoms with Gasteiger partial charge in [0.25, 0.3) is 0 Å². The Morgan fingerprint density at radius 1 is 1.44 bits per heavy atom. The maximum Gasteiger partial charge on any atom is 0.0242 e. The molecule has 0 amide bonds. The van der Waals surface area contributed by atoms with Gasteiger partial charge in [-0.2, -0.15) is 0 Å². The first kappa shape index (κ1) is 13.0. The first-order valence-corrected chi connectivity index (χ1v) is 6.25. The Balaban J connectivity index is 2.36. The van der Waals surface area contributed by atoms with Crippen molar-refractivity contribution in [3.8, 4) is 0 Å². The highest BCUT2D eigenvalue weighted by Crippen LogP contribution is 2.07. The molecular weight excluding hydrogens is 196 g/mol. The van der Waals surface area contributed by atoms with E-state index in [2.05, 4.69) is 48.4 Å². The lowest BCUT2D eigenvalue weighted by Crippen LogP contribution is -2.36. The van der Waals surface area contributed by atoms with E-state index in [4.69, 9.17) is 0 Å². The van der Waals surface area contributed by atoms with Gasteiger partial charge in [0.1, 0.15) is 0 Å². The molecular formula is C14H24N2. The molecule has 0 saturated carbocycles. The van der Waals surface area contributed by atoms with Gasteiger partial charge in [0, 0.05) is 12.1 Å². The van der Waals surface area contributed by atoms with Crippen LogP contribution in [0.5, 0.6) is 0 Å². The quantitative estimate of drug-likeness (QED) is 0.761.